The second kappa shape index (κ2) is 7.57. The van der Waals surface area contributed by atoms with E-state index in [1.165, 1.54) is 18.3 Å². The molecule has 1 aliphatic rings. The van der Waals surface area contributed by atoms with Crippen LogP contribution in [0.3, 0.4) is 0 Å². The van der Waals surface area contributed by atoms with E-state index in [1.54, 1.807) is 19.1 Å². The Labute approximate surface area is 145 Å². The lowest BCUT2D eigenvalue weighted by Crippen LogP contribution is -2.48. The zero-order valence-corrected chi connectivity index (χ0v) is 14.1. The maximum atomic E-state index is 13.0. The van der Waals surface area contributed by atoms with Gasteiger partial charge in [-0.05, 0) is 44.0 Å². The van der Waals surface area contributed by atoms with Gasteiger partial charge in [-0.25, -0.2) is 9.37 Å². The third kappa shape index (κ3) is 4.51. The fourth-order valence-corrected chi connectivity index (χ4v) is 3.07. The van der Waals surface area contributed by atoms with Crippen molar-refractivity contribution in [3.63, 3.8) is 0 Å². The molecule has 1 amide bonds. The highest BCUT2D eigenvalue weighted by Crippen LogP contribution is 2.14. The Morgan fingerprint density at radius 2 is 2.16 bits per heavy atom. The summed E-state index contributed by atoms with van der Waals surface area (Å²) >= 11 is 0. The fraction of sp³-hybridized carbons (Fsp3) is 0.389. The second-order valence-electron chi connectivity index (χ2n) is 6.39. The Morgan fingerprint density at radius 1 is 1.40 bits per heavy atom. The highest BCUT2D eigenvalue weighted by molar-refractivity contribution is 5.93. The Morgan fingerprint density at radius 3 is 2.88 bits per heavy atom. The van der Waals surface area contributed by atoms with Gasteiger partial charge in [0.15, 0.2) is 0 Å². The van der Waals surface area contributed by atoms with Gasteiger partial charge in [0.2, 0.25) is 0 Å². The maximum Gasteiger partial charge on any atom is 0.263 e. The quantitative estimate of drug-likeness (QED) is 0.883. The number of piperidine rings is 1. The van der Waals surface area contributed by atoms with E-state index < -0.39 is 11.5 Å². The molecule has 1 aromatic heterocycles. The van der Waals surface area contributed by atoms with E-state index in [1.807, 2.05) is 0 Å². The molecule has 2 N–H and O–H groups in total. The van der Waals surface area contributed by atoms with Gasteiger partial charge in [0.1, 0.15) is 17.2 Å². The van der Waals surface area contributed by atoms with Crippen LogP contribution in [0, 0.1) is 12.7 Å². The van der Waals surface area contributed by atoms with Gasteiger partial charge in [-0.1, -0.05) is 12.1 Å². The summed E-state index contributed by atoms with van der Waals surface area (Å²) in [4.78, 5) is 32.9. The summed E-state index contributed by atoms with van der Waals surface area (Å²) in [5, 5.41) is 2.92. The van der Waals surface area contributed by atoms with Crippen LogP contribution in [0.5, 0.6) is 0 Å². The first-order valence-corrected chi connectivity index (χ1v) is 8.35. The molecule has 1 fully saturated rings. The van der Waals surface area contributed by atoms with Crippen LogP contribution in [-0.4, -0.2) is 39.9 Å². The number of aromatic amines is 1. The number of hydrogen-bond donors (Lipinski definition) is 2. The van der Waals surface area contributed by atoms with Crippen LogP contribution < -0.4 is 10.9 Å². The number of aryl methyl sites for hydroxylation is 1. The third-order valence-corrected chi connectivity index (χ3v) is 4.33. The molecule has 0 aliphatic carbocycles. The van der Waals surface area contributed by atoms with Gasteiger partial charge in [-0.2, -0.15) is 0 Å². The molecule has 1 aliphatic heterocycles. The second-order valence-corrected chi connectivity index (χ2v) is 6.39. The Balaban J connectivity index is 1.60. The van der Waals surface area contributed by atoms with Crippen molar-refractivity contribution in [1.82, 2.24) is 20.2 Å². The number of carbonyl (C=O) groups excluding carboxylic acids is 1. The van der Waals surface area contributed by atoms with E-state index >= 15 is 0 Å². The number of rotatable bonds is 4. The summed E-state index contributed by atoms with van der Waals surface area (Å²) in [5.41, 5.74) is 0.637. The van der Waals surface area contributed by atoms with Crippen molar-refractivity contribution in [2.75, 3.05) is 13.1 Å². The van der Waals surface area contributed by atoms with Crippen LogP contribution in [-0.2, 0) is 6.54 Å². The zero-order chi connectivity index (χ0) is 17.8. The van der Waals surface area contributed by atoms with Crippen molar-refractivity contribution in [2.24, 2.45) is 0 Å². The molecule has 25 heavy (non-hydrogen) atoms. The molecule has 1 atom stereocenters. The number of aromatic nitrogens is 2. The van der Waals surface area contributed by atoms with Crippen LogP contribution in [0.25, 0.3) is 0 Å². The molecule has 1 saturated heterocycles. The van der Waals surface area contributed by atoms with Crippen molar-refractivity contribution in [1.29, 1.82) is 0 Å². The smallest absolute Gasteiger partial charge is 0.263 e. The van der Waals surface area contributed by atoms with Gasteiger partial charge in [0, 0.05) is 25.3 Å². The molecule has 3 rings (SSSR count). The molecular formula is C18H21FN4O2. The van der Waals surface area contributed by atoms with E-state index in [9.17, 15) is 14.0 Å². The number of amides is 1. The monoisotopic (exact) mass is 344 g/mol. The van der Waals surface area contributed by atoms with Crippen LogP contribution in [0.2, 0.25) is 0 Å². The maximum absolute atomic E-state index is 13.0. The number of carbonyl (C=O) groups is 1. The summed E-state index contributed by atoms with van der Waals surface area (Å²) < 4.78 is 13.0. The van der Waals surface area contributed by atoms with Crippen molar-refractivity contribution in [3.05, 3.63) is 63.6 Å². The summed E-state index contributed by atoms with van der Waals surface area (Å²) in [5.74, 6) is -0.170. The molecule has 2 aromatic rings. The molecule has 1 unspecified atom stereocenters. The number of nitrogens with zero attached hydrogens (tertiary/aromatic N) is 2. The molecule has 0 radical (unpaired) electrons. The minimum atomic E-state index is -0.427. The van der Waals surface area contributed by atoms with E-state index in [4.69, 9.17) is 0 Å². The molecule has 7 heteroatoms. The van der Waals surface area contributed by atoms with E-state index in [-0.39, 0.29) is 17.4 Å². The van der Waals surface area contributed by atoms with Crippen molar-refractivity contribution in [3.8, 4) is 0 Å². The van der Waals surface area contributed by atoms with E-state index in [2.05, 4.69) is 20.2 Å². The third-order valence-electron chi connectivity index (χ3n) is 4.33. The summed E-state index contributed by atoms with van der Waals surface area (Å²) in [6, 6.07) is 6.43. The first-order chi connectivity index (χ1) is 12.0. The van der Waals surface area contributed by atoms with E-state index in [0.29, 0.717) is 18.9 Å². The fourth-order valence-electron chi connectivity index (χ4n) is 3.07. The lowest BCUT2D eigenvalue weighted by Gasteiger charge is -2.33. The summed E-state index contributed by atoms with van der Waals surface area (Å²) in [6.07, 6.45) is 3.13. The van der Waals surface area contributed by atoms with Gasteiger partial charge in [0.05, 0.1) is 0 Å². The van der Waals surface area contributed by atoms with Crippen LogP contribution in [0.1, 0.15) is 34.6 Å². The van der Waals surface area contributed by atoms with Crippen molar-refractivity contribution < 1.29 is 9.18 Å². The van der Waals surface area contributed by atoms with Gasteiger partial charge in [-0.3, -0.25) is 14.5 Å². The minimum absolute atomic E-state index is 0.0256. The summed E-state index contributed by atoms with van der Waals surface area (Å²) in [6.45, 7) is 3.99. The highest BCUT2D eigenvalue weighted by atomic mass is 19.1. The lowest BCUT2D eigenvalue weighted by atomic mass is 10.0. The number of likely N-dealkylation sites (tertiary alicyclic amines) is 1. The van der Waals surface area contributed by atoms with Crippen LogP contribution in [0.4, 0.5) is 4.39 Å². The highest BCUT2D eigenvalue weighted by Gasteiger charge is 2.23. The predicted molar refractivity (Wildman–Crippen MR) is 91.8 cm³/mol. The zero-order valence-electron chi connectivity index (χ0n) is 14.1. The Bertz CT molecular complexity index is 803. The number of benzene rings is 1. The van der Waals surface area contributed by atoms with Crippen LogP contribution in [0.15, 0.2) is 35.3 Å². The Hall–Kier alpha value is -2.54. The topological polar surface area (TPSA) is 78.1 Å². The van der Waals surface area contributed by atoms with Gasteiger partial charge < -0.3 is 10.3 Å². The number of hydrogen-bond acceptors (Lipinski definition) is 4. The summed E-state index contributed by atoms with van der Waals surface area (Å²) in [7, 11) is 0. The molecule has 0 saturated carbocycles. The molecule has 2 heterocycles. The van der Waals surface area contributed by atoms with Crippen molar-refractivity contribution >= 4 is 5.91 Å². The number of nitrogens with one attached hydrogen (secondary N) is 2. The average molecular weight is 344 g/mol. The SMILES string of the molecule is Cc1ncc(C(=O)NC2CCCN(Cc3ccc(F)cc3)C2)c(=O)[nH]1. The molecule has 132 valence electrons. The lowest BCUT2D eigenvalue weighted by molar-refractivity contribution is 0.0899. The molecule has 0 bridgehead atoms. The largest absolute Gasteiger partial charge is 0.348 e. The first-order valence-electron chi connectivity index (χ1n) is 8.35. The number of H-pyrrole nitrogens is 1. The molecule has 1 aromatic carbocycles. The standard InChI is InChI=1S/C18H21FN4O2/c1-12-20-9-16(17(24)21-12)18(25)22-15-3-2-8-23(11-15)10-13-4-6-14(19)7-5-13/h4-7,9,15H,2-3,8,10-11H2,1H3,(H,22,25)(H,20,21,24). The normalized spacial score (nSPS) is 18.1. The Kier molecular flexibility index (Phi) is 5.23. The first kappa shape index (κ1) is 17.3. The predicted octanol–water partition coefficient (Wildman–Crippen LogP) is 1.61. The van der Waals surface area contributed by atoms with Gasteiger partial charge >= 0.3 is 0 Å². The average Bonchev–Trinajstić information content (AvgIpc) is 2.57. The van der Waals surface area contributed by atoms with E-state index in [0.717, 1.165) is 24.9 Å². The minimum Gasteiger partial charge on any atom is -0.348 e. The number of halogens is 1. The molecular weight excluding hydrogens is 323 g/mol. The van der Waals surface area contributed by atoms with Crippen LogP contribution >= 0.6 is 0 Å². The molecule has 0 spiro atoms. The van der Waals surface area contributed by atoms with Gasteiger partial charge in [-0.15, -0.1) is 0 Å². The van der Waals surface area contributed by atoms with Crippen molar-refractivity contribution in [2.45, 2.75) is 32.4 Å². The van der Waals surface area contributed by atoms with Gasteiger partial charge in [0.25, 0.3) is 11.5 Å². The molecule has 6 nitrogen and oxygen atoms in total.